The van der Waals surface area contributed by atoms with Crippen molar-refractivity contribution in [1.82, 2.24) is 0 Å². The fourth-order valence-electron chi connectivity index (χ4n) is 0.774. The molecule has 1 aliphatic rings. The lowest BCUT2D eigenvalue weighted by molar-refractivity contribution is -0.117. The van der Waals surface area contributed by atoms with Crippen LogP contribution >= 0.6 is 0 Å². The molecule has 0 saturated heterocycles. The number of hydrogen-bond donors (Lipinski definition) is 0. The van der Waals surface area contributed by atoms with Gasteiger partial charge in [-0.25, -0.2) is 8.78 Å². The van der Waals surface area contributed by atoms with Crippen LogP contribution in [0.25, 0.3) is 0 Å². The van der Waals surface area contributed by atoms with Crippen molar-refractivity contribution in [3.05, 3.63) is 0 Å². The molecule has 0 spiro atoms. The first kappa shape index (κ1) is 5.66. The summed E-state index contributed by atoms with van der Waals surface area (Å²) >= 11 is 0. The smallest absolute Gasteiger partial charge is 0.138 e. The lowest BCUT2D eigenvalue weighted by Gasteiger charge is -1.95. The Hall–Kier alpha value is -0.470. The molecular weight excluding hydrogens is 114 g/mol. The van der Waals surface area contributed by atoms with Gasteiger partial charge in [-0.2, -0.15) is 0 Å². The first-order valence-electron chi connectivity index (χ1n) is 2.50. The van der Waals surface area contributed by atoms with E-state index >= 15 is 0 Å². The molecule has 1 nitrogen and oxygen atoms in total. The Balaban J connectivity index is 2.51. The van der Waals surface area contributed by atoms with Gasteiger partial charge in [0.15, 0.2) is 0 Å². The first-order chi connectivity index (χ1) is 3.70. The van der Waals surface area contributed by atoms with Crippen molar-refractivity contribution in [3.8, 4) is 0 Å². The van der Waals surface area contributed by atoms with Gasteiger partial charge in [0.05, 0.1) is 0 Å². The Morgan fingerprint density at radius 2 is 1.62 bits per heavy atom. The molecule has 0 aromatic rings. The van der Waals surface area contributed by atoms with Gasteiger partial charge in [-0.3, -0.25) is 4.79 Å². The third-order valence-electron chi connectivity index (χ3n) is 1.24. The maximum absolute atomic E-state index is 12.0. The largest absolute Gasteiger partial charge is 0.299 e. The minimum Gasteiger partial charge on any atom is -0.299 e. The van der Waals surface area contributed by atoms with Crippen LogP contribution in [-0.2, 0) is 4.79 Å². The molecule has 3 heteroatoms. The molecule has 1 saturated carbocycles. The van der Waals surface area contributed by atoms with Gasteiger partial charge in [-0.15, -0.1) is 0 Å². The van der Waals surface area contributed by atoms with Crippen LogP contribution in [-0.4, -0.2) is 18.1 Å². The number of rotatable bonds is 0. The topological polar surface area (TPSA) is 17.1 Å². The van der Waals surface area contributed by atoms with Crippen LogP contribution in [0.5, 0.6) is 0 Å². The molecule has 0 N–H and O–H groups in total. The summed E-state index contributed by atoms with van der Waals surface area (Å²) in [6, 6.07) is 0. The van der Waals surface area contributed by atoms with E-state index in [0.717, 1.165) is 0 Å². The number of Topliss-reactive ketones (excluding diaryl/α,β-unsaturated/α-hetero) is 1. The van der Waals surface area contributed by atoms with Crippen LogP contribution in [0.1, 0.15) is 12.8 Å². The average Bonchev–Trinajstić information content (AvgIpc) is 1.85. The number of hydrogen-bond acceptors (Lipinski definition) is 1. The van der Waals surface area contributed by atoms with E-state index in [4.69, 9.17) is 0 Å². The fraction of sp³-hybridized carbons (Fsp3) is 0.800. The fourth-order valence-corrected chi connectivity index (χ4v) is 0.774. The Morgan fingerprint density at radius 3 is 1.75 bits per heavy atom. The molecule has 0 aliphatic heterocycles. The molecule has 0 heterocycles. The van der Waals surface area contributed by atoms with Crippen molar-refractivity contribution in [2.45, 2.75) is 25.2 Å². The van der Waals surface area contributed by atoms with E-state index < -0.39 is 12.3 Å². The van der Waals surface area contributed by atoms with Gasteiger partial charge in [-0.05, 0) is 0 Å². The molecule has 8 heavy (non-hydrogen) atoms. The number of carbonyl (C=O) groups is 1. The van der Waals surface area contributed by atoms with Gasteiger partial charge in [-0.1, -0.05) is 0 Å². The van der Waals surface area contributed by atoms with Gasteiger partial charge in [0.25, 0.3) is 0 Å². The Kier molecular flexibility index (Phi) is 1.27. The van der Waals surface area contributed by atoms with Gasteiger partial charge >= 0.3 is 0 Å². The van der Waals surface area contributed by atoms with E-state index in [0.29, 0.717) is 0 Å². The molecule has 0 aromatic carbocycles. The summed E-state index contributed by atoms with van der Waals surface area (Å²) < 4.78 is 23.9. The highest BCUT2D eigenvalue weighted by molar-refractivity contribution is 5.81. The van der Waals surface area contributed by atoms with Crippen molar-refractivity contribution in [2.24, 2.45) is 0 Å². The summed E-state index contributed by atoms with van der Waals surface area (Å²) in [7, 11) is 0. The predicted molar refractivity (Wildman–Crippen MR) is 24.0 cm³/mol. The average molecular weight is 120 g/mol. The highest BCUT2D eigenvalue weighted by Crippen LogP contribution is 2.21. The molecule has 0 aromatic heterocycles. The number of ketones is 1. The lowest BCUT2D eigenvalue weighted by atomic mass is 10.3. The van der Waals surface area contributed by atoms with Crippen LogP contribution in [0.3, 0.4) is 0 Å². The number of carbonyl (C=O) groups excluding carboxylic acids is 1. The molecular formula is C5H6F2O. The summed E-state index contributed by atoms with van der Waals surface area (Å²) in [5.74, 6) is -0.301. The van der Waals surface area contributed by atoms with Crippen molar-refractivity contribution < 1.29 is 13.6 Å². The van der Waals surface area contributed by atoms with Gasteiger partial charge in [0.1, 0.15) is 18.1 Å². The highest BCUT2D eigenvalue weighted by Gasteiger charge is 2.32. The maximum Gasteiger partial charge on any atom is 0.138 e. The molecule has 2 atom stereocenters. The predicted octanol–water partition coefficient (Wildman–Crippen LogP) is 1.03. The molecule has 0 bridgehead atoms. The van der Waals surface area contributed by atoms with Crippen LogP contribution in [0.15, 0.2) is 0 Å². The van der Waals surface area contributed by atoms with Crippen LogP contribution in [0.2, 0.25) is 0 Å². The standard InChI is InChI=1S/C5H6F2O/c6-4-1-3(8)2-5(4)7/h4-5H,1-2H2. The molecule has 1 rings (SSSR count). The molecule has 1 aliphatic carbocycles. The van der Waals surface area contributed by atoms with E-state index in [1.165, 1.54) is 0 Å². The summed E-state index contributed by atoms with van der Waals surface area (Å²) in [6.45, 7) is 0. The molecule has 1 fully saturated rings. The van der Waals surface area contributed by atoms with E-state index in [9.17, 15) is 13.6 Å². The second-order valence-electron chi connectivity index (χ2n) is 1.98. The molecule has 2 unspecified atom stereocenters. The van der Waals surface area contributed by atoms with Crippen LogP contribution in [0, 0.1) is 0 Å². The van der Waals surface area contributed by atoms with Crippen molar-refractivity contribution >= 4 is 5.78 Å². The van der Waals surface area contributed by atoms with Gasteiger partial charge in [0, 0.05) is 12.8 Å². The zero-order chi connectivity index (χ0) is 6.15. The number of alkyl halides is 2. The summed E-state index contributed by atoms with van der Waals surface area (Å²) in [4.78, 5) is 10.2. The lowest BCUT2D eigenvalue weighted by Crippen LogP contribution is -2.06. The van der Waals surface area contributed by atoms with E-state index in [2.05, 4.69) is 0 Å². The SMILES string of the molecule is O=C1CC(F)C(F)C1. The van der Waals surface area contributed by atoms with E-state index in [1.807, 2.05) is 0 Å². The van der Waals surface area contributed by atoms with Crippen molar-refractivity contribution in [3.63, 3.8) is 0 Å². The second-order valence-corrected chi connectivity index (χ2v) is 1.98. The Labute approximate surface area is 45.7 Å². The van der Waals surface area contributed by atoms with Crippen molar-refractivity contribution in [2.75, 3.05) is 0 Å². The van der Waals surface area contributed by atoms with Crippen molar-refractivity contribution in [1.29, 1.82) is 0 Å². The van der Waals surface area contributed by atoms with Gasteiger partial charge in [0.2, 0.25) is 0 Å². The zero-order valence-corrected chi connectivity index (χ0v) is 4.23. The second kappa shape index (κ2) is 1.80. The monoisotopic (exact) mass is 120 g/mol. The molecule has 0 radical (unpaired) electrons. The normalized spacial score (nSPS) is 38.5. The molecule has 0 amide bonds. The first-order valence-corrected chi connectivity index (χ1v) is 2.50. The third kappa shape index (κ3) is 0.854. The number of halogens is 2. The third-order valence-corrected chi connectivity index (χ3v) is 1.24. The quantitative estimate of drug-likeness (QED) is 0.466. The minimum atomic E-state index is -1.53. The zero-order valence-electron chi connectivity index (χ0n) is 4.23. The molecule has 46 valence electrons. The van der Waals surface area contributed by atoms with Crippen LogP contribution < -0.4 is 0 Å². The summed E-state index contributed by atoms with van der Waals surface area (Å²) in [5, 5.41) is 0. The van der Waals surface area contributed by atoms with Gasteiger partial charge < -0.3 is 0 Å². The van der Waals surface area contributed by atoms with Crippen LogP contribution in [0.4, 0.5) is 8.78 Å². The minimum absolute atomic E-state index is 0.221. The summed E-state index contributed by atoms with van der Waals surface area (Å²) in [5.41, 5.74) is 0. The Morgan fingerprint density at radius 1 is 1.25 bits per heavy atom. The van der Waals surface area contributed by atoms with E-state index in [-0.39, 0.29) is 18.6 Å². The maximum atomic E-state index is 12.0. The van der Waals surface area contributed by atoms with E-state index in [1.54, 1.807) is 0 Å². The highest BCUT2D eigenvalue weighted by atomic mass is 19.2. The Bertz CT molecular complexity index is 101. The summed E-state index contributed by atoms with van der Waals surface area (Å²) in [6.07, 6.45) is -3.49.